The Hall–Kier alpha value is -1.56. The van der Waals surface area contributed by atoms with Gasteiger partial charge in [-0.2, -0.15) is 13.2 Å². The first-order valence-electron chi connectivity index (χ1n) is 7.59. The van der Waals surface area contributed by atoms with Gasteiger partial charge in [-0.1, -0.05) is 18.2 Å². The monoisotopic (exact) mass is 314 g/mol. The highest BCUT2D eigenvalue weighted by Crippen LogP contribution is 2.26. The number of hydrogen-bond acceptors (Lipinski definition) is 2. The Morgan fingerprint density at radius 3 is 2.59 bits per heavy atom. The maximum Gasteiger partial charge on any atom is 0.393 e. The molecule has 1 aromatic carbocycles. The number of anilines is 1. The average molecular weight is 314 g/mol. The van der Waals surface area contributed by atoms with Crippen molar-refractivity contribution < 1.29 is 18.0 Å². The molecule has 0 radical (unpaired) electrons. The first-order valence-corrected chi connectivity index (χ1v) is 7.59. The van der Waals surface area contributed by atoms with Gasteiger partial charge in [-0.25, -0.2) is 0 Å². The lowest BCUT2D eigenvalue weighted by molar-refractivity contribution is -0.127. The van der Waals surface area contributed by atoms with Crippen molar-refractivity contribution in [2.45, 2.75) is 38.3 Å². The summed E-state index contributed by atoms with van der Waals surface area (Å²) in [6, 6.07) is 6.09. The van der Waals surface area contributed by atoms with Gasteiger partial charge in [0.1, 0.15) is 0 Å². The topological polar surface area (TPSA) is 41.1 Å². The molecular formula is C16H21F3N2O. The molecule has 1 saturated heterocycles. The Labute approximate surface area is 128 Å². The number of amides is 1. The largest absolute Gasteiger partial charge is 0.393 e. The Morgan fingerprint density at radius 1 is 1.23 bits per heavy atom. The highest BCUT2D eigenvalue weighted by Gasteiger charge is 2.29. The molecule has 3 nitrogen and oxygen atoms in total. The molecule has 0 bridgehead atoms. The number of rotatable bonds is 5. The summed E-state index contributed by atoms with van der Waals surface area (Å²) in [4.78, 5) is 12.0. The van der Waals surface area contributed by atoms with E-state index >= 15 is 0 Å². The number of piperidine rings is 1. The van der Waals surface area contributed by atoms with Crippen LogP contribution in [0.4, 0.5) is 18.9 Å². The van der Waals surface area contributed by atoms with Crippen LogP contribution in [-0.4, -0.2) is 25.2 Å². The molecule has 6 heteroatoms. The first kappa shape index (κ1) is 16.8. The maximum atomic E-state index is 12.5. The minimum absolute atomic E-state index is 0.102. The van der Waals surface area contributed by atoms with Gasteiger partial charge in [0.2, 0.25) is 5.91 Å². The number of benzene rings is 1. The lowest BCUT2D eigenvalue weighted by Gasteiger charge is -2.22. The van der Waals surface area contributed by atoms with E-state index in [0.717, 1.165) is 32.4 Å². The molecule has 22 heavy (non-hydrogen) atoms. The lowest BCUT2D eigenvalue weighted by atomic mass is 9.93. The zero-order valence-corrected chi connectivity index (χ0v) is 12.4. The molecule has 1 fully saturated rings. The molecule has 0 saturated carbocycles. The van der Waals surface area contributed by atoms with E-state index in [1.165, 1.54) is 12.1 Å². The minimum Gasteiger partial charge on any atom is -0.326 e. The fourth-order valence-electron chi connectivity index (χ4n) is 2.73. The summed E-state index contributed by atoms with van der Waals surface area (Å²) in [6.45, 7) is 1.95. The molecule has 1 amide bonds. The Balaban J connectivity index is 1.88. The van der Waals surface area contributed by atoms with Gasteiger partial charge in [-0.3, -0.25) is 4.79 Å². The van der Waals surface area contributed by atoms with Gasteiger partial charge >= 0.3 is 6.18 Å². The summed E-state index contributed by atoms with van der Waals surface area (Å²) in [6.07, 6.45) is -2.07. The molecule has 1 aliphatic rings. The van der Waals surface area contributed by atoms with Crippen molar-refractivity contribution in [1.82, 2.24) is 5.32 Å². The smallest absolute Gasteiger partial charge is 0.326 e. The molecule has 1 heterocycles. The van der Waals surface area contributed by atoms with Crippen LogP contribution in [0.25, 0.3) is 0 Å². The van der Waals surface area contributed by atoms with E-state index in [-0.39, 0.29) is 17.2 Å². The van der Waals surface area contributed by atoms with Gasteiger partial charge in [0.25, 0.3) is 0 Å². The molecule has 1 aliphatic heterocycles. The number of para-hydroxylation sites is 1. The summed E-state index contributed by atoms with van der Waals surface area (Å²) in [5, 5.41) is 5.88. The fraction of sp³-hybridized carbons (Fsp3) is 0.562. The van der Waals surface area contributed by atoms with Gasteiger partial charge in [0, 0.05) is 12.1 Å². The molecule has 1 aromatic rings. The van der Waals surface area contributed by atoms with Crippen LogP contribution in [0.1, 0.15) is 31.2 Å². The molecular weight excluding hydrogens is 293 g/mol. The third kappa shape index (κ3) is 5.67. The number of nitrogens with one attached hydrogen (secondary N) is 2. The molecule has 0 aliphatic carbocycles. The van der Waals surface area contributed by atoms with Crippen LogP contribution in [0, 0.1) is 5.92 Å². The van der Waals surface area contributed by atoms with Crippen molar-refractivity contribution in [2.24, 2.45) is 5.92 Å². The second-order valence-electron chi connectivity index (χ2n) is 5.73. The van der Waals surface area contributed by atoms with Crippen molar-refractivity contribution >= 4 is 11.6 Å². The van der Waals surface area contributed by atoms with Crippen LogP contribution in [0.15, 0.2) is 24.3 Å². The molecule has 2 rings (SSSR count). The highest BCUT2D eigenvalue weighted by molar-refractivity contribution is 5.91. The molecule has 0 unspecified atom stereocenters. The number of hydrogen-bond donors (Lipinski definition) is 2. The van der Waals surface area contributed by atoms with E-state index < -0.39 is 12.6 Å². The maximum absolute atomic E-state index is 12.5. The van der Waals surface area contributed by atoms with E-state index in [0.29, 0.717) is 12.3 Å². The summed E-state index contributed by atoms with van der Waals surface area (Å²) in [7, 11) is 0. The van der Waals surface area contributed by atoms with Crippen molar-refractivity contribution in [3.8, 4) is 0 Å². The number of alkyl halides is 3. The number of carbonyl (C=O) groups is 1. The van der Waals surface area contributed by atoms with Crippen molar-refractivity contribution in [3.05, 3.63) is 29.8 Å². The third-order valence-corrected chi connectivity index (χ3v) is 3.92. The Bertz CT molecular complexity index is 496. The summed E-state index contributed by atoms with van der Waals surface area (Å²) in [5.41, 5.74) is 0.361. The SMILES string of the molecule is O=C(CCC1CCNCC1)Nc1ccccc1CC(F)(F)F. The van der Waals surface area contributed by atoms with E-state index in [1.54, 1.807) is 12.1 Å². The van der Waals surface area contributed by atoms with Crippen LogP contribution < -0.4 is 10.6 Å². The van der Waals surface area contributed by atoms with Gasteiger partial charge < -0.3 is 10.6 Å². The second kappa shape index (κ2) is 7.63. The quantitative estimate of drug-likeness (QED) is 0.873. The normalized spacial score (nSPS) is 16.5. The zero-order chi connectivity index (χ0) is 16.0. The molecule has 0 atom stereocenters. The average Bonchev–Trinajstić information content (AvgIpc) is 2.47. The predicted octanol–water partition coefficient (Wildman–Crippen LogP) is 3.51. The molecule has 0 spiro atoms. The van der Waals surface area contributed by atoms with Gasteiger partial charge in [0.05, 0.1) is 6.42 Å². The predicted molar refractivity (Wildman–Crippen MR) is 79.7 cm³/mol. The minimum atomic E-state index is -4.28. The third-order valence-electron chi connectivity index (χ3n) is 3.92. The van der Waals surface area contributed by atoms with Crippen LogP contribution >= 0.6 is 0 Å². The standard InChI is InChI=1S/C16H21F3N2O/c17-16(18,19)11-13-3-1-2-4-14(13)21-15(22)6-5-12-7-9-20-10-8-12/h1-4,12,20H,5-11H2,(H,21,22). The van der Waals surface area contributed by atoms with Gasteiger partial charge in [-0.15, -0.1) is 0 Å². The van der Waals surface area contributed by atoms with E-state index in [4.69, 9.17) is 0 Å². The Morgan fingerprint density at radius 2 is 1.91 bits per heavy atom. The van der Waals surface area contributed by atoms with Crippen LogP contribution in [-0.2, 0) is 11.2 Å². The molecule has 122 valence electrons. The van der Waals surface area contributed by atoms with E-state index in [1.807, 2.05) is 0 Å². The van der Waals surface area contributed by atoms with Crippen molar-refractivity contribution in [3.63, 3.8) is 0 Å². The van der Waals surface area contributed by atoms with Crippen LogP contribution in [0.5, 0.6) is 0 Å². The van der Waals surface area contributed by atoms with E-state index in [9.17, 15) is 18.0 Å². The van der Waals surface area contributed by atoms with E-state index in [2.05, 4.69) is 10.6 Å². The molecule has 2 N–H and O–H groups in total. The summed E-state index contributed by atoms with van der Waals surface area (Å²) >= 11 is 0. The summed E-state index contributed by atoms with van der Waals surface area (Å²) in [5.74, 6) is 0.311. The van der Waals surface area contributed by atoms with Gasteiger partial charge in [0.15, 0.2) is 0 Å². The van der Waals surface area contributed by atoms with Crippen molar-refractivity contribution in [2.75, 3.05) is 18.4 Å². The number of halogens is 3. The zero-order valence-electron chi connectivity index (χ0n) is 12.4. The van der Waals surface area contributed by atoms with Crippen molar-refractivity contribution in [1.29, 1.82) is 0 Å². The van der Waals surface area contributed by atoms with Crippen LogP contribution in [0.2, 0.25) is 0 Å². The van der Waals surface area contributed by atoms with Gasteiger partial charge in [-0.05, 0) is 49.9 Å². The fourth-order valence-corrected chi connectivity index (χ4v) is 2.73. The summed E-state index contributed by atoms with van der Waals surface area (Å²) < 4.78 is 37.6. The highest BCUT2D eigenvalue weighted by atomic mass is 19.4. The Kier molecular flexibility index (Phi) is 5.83. The van der Waals surface area contributed by atoms with Crippen LogP contribution in [0.3, 0.4) is 0 Å². The first-order chi connectivity index (χ1) is 10.4. The number of carbonyl (C=O) groups excluding carboxylic acids is 1. The molecule has 0 aromatic heterocycles. The second-order valence-corrected chi connectivity index (χ2v) is 5.73. The lowest BCUT2D eigenvalue weighted by Crippen LogP contribution is -2.28.